The van der Waals surface area contributed by atoms with Crippen molar-refractivity contribution in [1.29, 1.82) is 0 Å². The third-order valence-corrected chi connectivity index (χ3v) is 2.10. The summed E-state index contributed by atoms with van der Waals surface area (Å²) in [7, 11) is 0. The fraction of sp³-hybridized carbons (Fsp3) is 0.333. The fourth-order valence-corrected chi connectivity index (χ4v) is 1.34. The lowest BCUT2D eigenvalue weighted by atomic mass is 10.1. The number of benzene rings is 1. The predicted octanol–water partition coefficient (Wildman–Crippen LogP) is 1.76. The van der Waals surface area contributed by atoms with Crippen LogP contribution in [0, 0.1) is 0 Å². The molecule has 1 atom stereocenters. The van der Waals surface area contributed by atoms with Crippen molar-refractivity contribution in [2.75, 3.05) is 13.3 Å². The number of azide groups is 1. The molecule has 6 heteroatoms. The number of aliphatic hydroxyl groups excluding tert-OH is 1. The van der Waals surface area contributed by atoms with Gasteiger partial charge < -0.3 is 14.6 Å². The number of hydrogen-bond donors (Lipinski definition) is 1. The van der Waals surface area contributed by atoms with Crippen LogP contribution in [0.4, 0.5) is 0 Å². The molecule has 0 aliphatic carbocycles. The van der Waals surface area contributed by atoms with Crippen molar-refractivity contribution in [2.45, 2.75) is 6.10 Å². The highest BCUT2D eigenvalue weighted by molar-refractivity contribution is 5.45. The first-order valence-electron chi connectivity index (χ1n) is 4.39. The van der Waals surface area contributed by atoms with Gasteiger partial charge in [0.25, 0.3) is 0 Å². The van der Waals surface area contributed by atoms with Gasteiger partial charge in [0.1, 0.15) is 0 Å². The van der Waals surface area contributed by atoms with Crippen LogP contribution in [-0.4, -0.2) is 18.4 Å². The summed E-state index contributed by atoms with van der Waals surface area (Å²) in [5, 5.41) is 12.9. The minimum Gasteiger partial charge on any atom is -0.454 e. The molecule has 1 unspecified atom stereocenters. The van der Waals surface area contributed by atoms with E-state index in [0.29, 0.717) is 17.1 Å². The van der Waals surface area contributed by atoms with Crippen molar-refractivity contribution in [2.24, 2.45) is 5.11 Å². The molecule has 2 rings (SSSR count). The average Bonchev–Trinajstić information content (AvgIpc) is 2.72. The molecular formula is C9H9N3O3. The van der Waals surface area contributed by atoms with Crippen LogP contribution in [0.2, 0.25) is 0 Å². The zero-order chi connectivity index (χ0) is 10.7. The van der Waals surface area contributed by atoms with Crippen molar-refractivity contribution in [3.63, 3.8) is 0 Å². The Morgan fingerprint density at radius 2 is 2.27 bits per heavy atom. The number of aliphatic hydroxyl groups is 1. The zero-order valence-corrected chi connectivity index (χ0v) is 7.83. The quantitative estimate of drug-likeness (QED) is 0.465. The van der Waals surface area contributed by atoms with E-state index < -0.39 is 6.10 Å². The Kier molecular flexibility index (Phi) is 2.62. The molecule has 1 aromatic carbocycles. The predicted molar refractivity (Wildman–Crippen MR) is 51.5 cm³/mol. The number of rotatable bonds is 3. The van der Waals surface area contributed by atoms with Gasteiger partial charge in [-0.2, -0.15) is 0 Å². The van der Waals surface area contributed by atoms with Crippen LogP contribution in [0.15, 0.2) is 23.3 Å². The Hall–Kier alpha value is -1.91. The maximum atomic E-state index is 9.62. The third-order valence-electron chi connectivity index (χ3n) is 2.10. The van der Waals surface area contributed by atoms with Gasteiger partial charge in [-0.15, -0.1) is 0 Å². The van der Waals surface area contributed by atoms with Gasteiger partial charge in [-0.3, -0.25) is 0 Å². The second-order valence-corrected chi connectivity index (χ2v) is 3.04. The summed E-state index contributed by atoms with van der Waals surface area (Å²) in [5.74, 6) is 1.27. The molecule has 1 aromatic rings. The van der Waals surface area contributed by atoms with Crippen molar-refractivity contribution in [3.8, 4) is 11.5 Å². The first kappa shape index (κ1) is 9.64. The van der Waals surface area contributed by atoms with Crippen LogP contribution < -0.4 is 9.47 Å². The van der Waals surface area contributed by atoms with Crippen molar-refractivity contribution >= 4 is 0 Å². The van der Waals surface area contributed by atoms with E-state index in [1.807, 2.05) is 0 Å². The second-order valence-electron chi connectivity index (χ2n) is 3.04. The summed E-state index contributed by atoms with van der Waals surface area (Å²) < 4.78 is 10.3. The van der Waals surface area contributed by atoms with E-state index in [1.54, 1.807) is 18.2 Å². The molecule has 78 valence electrons. The van der Waals surface area contributed by atoms with E-state index >= 15 is 0 Å². The molecule has 6 nitrogen and oxygen atoms in total. The summed E-state index contributed by atoms with van der Waals surface area (Å²) in [6, 6.07) is 5.11. The smallest absolute Gasteiger partial charge is 0.231 e. The lowest BCUT2D eigenvalue weighted by Crippen LogP contribution is -2.00. The van der Waals surface area contributed by atoms with Crippen LogP contribution in [0.1, 0.15) is 11.7 Å². The lowest BCUT2D eigenvalue weighted by molar-refractivity contribution is 0.172. The Bertz CT molecular complexity index is 415. The molecule has 0 bridgehead atoms. The lowest BCUT2D eigenvalue weighted by Gasteiger charge is -2.07. The topological polar surface area (TPSA) is 87.5 Å². The van der Waals surface area contributed by atoms with Gasteiger partial charge in [0.2, 0.25) is 6.79 Å². The molecule has 0 aromatic heterocycles. The van der Waals surface area contributed by atoms with E-state index in [4.69, 9.17) is 15.0 Å². The van der Waals surface area contributed by atoms with Crippen molar-refractivity contribution < 1.29 is 14.6 Å². The van der Waals surface area contributed by atoms with E-state index in [-0.39, 0.29) is 13.3 Å². The highest BCUT2D eigenvalue weighted by atomic mass is 16.7. The van der Waals surface area contributed by atoms with Gasteiger partial charge >= 0.3 is 0 Å². The molecule has 0 saturated carbocycles. The van der Waals surface area contributed by atoms with Crippen LogP contribution in [0.25, 0.3) is 10.4 Å². The van der Waals surface area contributed by atoms with Gasteiger partial charge in [0.05, 0.1) is 12.6 Å². The van der Waals surface area contributed by atoms with Crippen molar-refractivity contribution in [1.82, 2.24) is 0 Å². The maximum absolute atomic E-state index is 9.62. The summed E-state index contributed by atoms with van der Waals surface area (Å²) >= 11 is 0. The normalized spacial score (nSPS) is 14.5. The first-order chi connectivity index (χ1) is 7.31. The van der Waals surface area contributed by atoms with E-state index in [9.17, 15) is 5.11 Å². The van der Waals surface area contributed by atoms with E-state index in [1.165, 1.54) is 0 Å². The van der Waals surface area contributed by atoms with E-state index in [0.717, 1.165) is 0 Å². The average molecular weight is 207 g/mol. The molecule has 0 radical (unpaired) electrons. The molecule has 1 aliphatic heterocycles. The molecule has 0 spiro atoms. The molecule has 0 amide bonds. The van der Waals surface area contributed by atoms with Gasteiger partial charge in [-0.1, -0.05) is 11.2 Å². The van der Waals surface area contributed by atoms with Gasteiger partial charge in [0.15, 0.2) is 11.5 Å². The van der Waals surface area contributed by atoms with Crippen LogP contribution >= 0.6 is 0 Å². The standard InChI is InChI=1S/C9H9N3O3/c10-12-11-4-7(13)6-1-2-8-9(3-6)15-5-14-8/h1-3,7,13H,4-5H2. The molecule has 15 heavy (non-hydrogen) atoms. The zero-order valence-electron chi connectivity index (χ0n) is 7.83. The van der Waals surface area contributed by atoms with Crippen molar-refractivity contribution in [3.05, 3.63) is 34.2 Å². The number of fused-ring (bicyclic) bond motifs is 1. The Labute approximate surface area is 85.7 Å². The highest BCUT2D eigenvalue weighted by Crippen LogP contribution is 2.34. The van der Waals surface area contributed by atoms with Gasteiger partial charge in [-0.05, 0) is 23.2 Å². The molecule has 1 heterocycles. The van der Waals surface area contributed by atoms with Crippen LogP contribution in [0.3, 0.4) is 0 Å². The monoisotopic (exact) mass is 207 g/mol. The highest BCUT2D eigenvalue weighted by Gasteiger charge is 2.15. The minimum absolute atomic E-state index is 0.0101. The second kappa shape index (κ2) is 4.08. The fourth-order valence-electron chi connectivity index (χ4n) is 1.34. The molecule has 0 fully saturated rings. The largest absolute Gasteiger partial charge is 0.454 e. The Morgan fingerprint density at radius 3 is 3.07 bits per heavy atom. The summed E-state index contributed by atoms with van der Waals surface area (Å²) in [6.07, 6.45) is -0.810. The first-order valence-corrected chi connectivity index (χ1v) is 4.39. The summed E-state index contributed by atoms with van der Waals surface area (Å²) in [4.78, 5) is 2.58. The Balaban J connectivity index is 2.18. The Morgan fingerprint density at radius 1 is 1.47 bits per heavy atom. The number of nitrogens with zero attached hydrogens (tertiary/aromatic N) is 3. The van der Waals surface area contributed by atoms with Gasteiger partial charge in [-0.25, -0.2) is 0 Å². The minimum atomic E-state index is -0.810. The maximum Gasteiger partial charge on any atom is 0.231 e. The molecule has 1 N–H and O–H groups in total. The number of hydrogen-bond acceptors (Lipinski definition) is 4. The molecule has 0 saturated heterocycles. The van der Waals surface area contributed by atoms with E-state index in [2.05, 4.69) is 10.0 Å². The van der Waals surface area contributed by atoms with Crippen LogP contribution in [0.5, 0.6) is 11.5 Å². The molecular weight excluding hydrogens is 198 g/mol. The SMILES string of the molecule is [N-]=[N+]=NCC(O)c1ccc2c(c1)OCO2. The molecule has 1 aliphatic rings. The van der Waals surface area contributed by atoms with Crippen LogP contribution in [-0.2, 0) is 0 Å². The van der Waals surface area contributed by atoms with Gasteiger partial charge in [0, 0.05) is 4.91 Å². The number of ether oxygens (including phenoxy) is 2. The summed E-state index contributed by atoms with van der Waals surface area (Å²) in [6.45, 7) is 0.210. The third kappa shape index (κ3) is 1.96. The summed E-state index contributed by atoms with van der Waals surface area (Å²) in [5.41, 5.74) is 8.76.